The number of aromatic hydroxyl groups is 1. The van der Waals surface area contributed by atoms with E-state index in [2.05, 4.69) is 12.2 Å². The van der Waals surface area contributed by atoms with E-state index < -0.39 is 0 Å². The molecule has 1 aromatic rings. The number of para-hydroxylation sites is 1. The van der Waals surface area contributed by atoms with Crippen LogP contribution in [-0.4, -0.2) is 18.8 Å². The predicted molar refractivity (Wildman–Crippen MR) is 68.3 cm³/mol. The molecule has 0 radical (unpaired) electrons. The van der Waals surface area contributed by atoms with Gasteiger partial charge in [0.1, 0.15) is 0 Å². The molecule has 0 aliphatic heterocycles. The van der Waals surface area contributed by atoms with Crippen molar-refractivity contribution in [3.8, 4) is 11.5 Å². The third-order valence-corrected chi connectivity index (χ3v) is 3.51. The van der Waals surface area contributed by atoms with Crippen LogP contribution in [0.5, 0.6) is 11.5 Å². The Hall–Kier alpha value is -1.22. The van der Waals surface area contributed by atoms with E-state index in [4.69, 9.17) is 4.74 Å². The summed E-state index contributed by atoms with van der Waals surface area (Å²) in [5.41, 5.74) is 0.896. The number of ether oxygens (including phenoxy) is 1. The number of phenols is 1. The summed E-state index contributed by atoms with van der Waals surface area (Å²) in [6.45, 7) is 4.00. The maximum Gasteiger partial charge on any atom is 0.162 e. The smallest absolute Gasteiger partial charge is 0.162 e. The van der Waals surface area contributed by atoms with E-state index in [0.29, 0.717) is 12.3 Å². The molecule has 3 nitrogen and oxygen atoms in total. The van der Waals surface area contributed by atoms with Crippen molar-refractivity contribution >= 4 is 0 Å². The van der Waals surface area contributed by atoms with E-state index in [0.717, 1.165) is 23.9 Å². The first-order chi connectivity index (χ1) is 8.22. The SMILES string of the molecule is COc1cccc(CNCC(C)C2CC2)c1O. The Morgan fingerprint density at radius 1 is 1.47 bits per heavy atom. The van der Waals surface area contributed by atoms with E-state index in [1.165, 1.54) is 12.8 Å². The number of phenolic OH excluding ortho intramolecular Hbond substituents is 1. The van der Waals surface area contributed by atoms with Crippen LogP contribution < -0.4 is 10.1 Å². The molecule has 2 N–H and O–H groups in total. The molecule has 0 aromatic heterocycles. The molecular weight excluding hydrogens is 214 g/mol. The van der Waals surface area contributed by atoms with Crippen LogP contribution in [0.2, 0.25) is 0 Å². The molecule has 0 saturated heterocycles. The van der Waals surface area contributed by atoms with Gasteiger partial charge in [0.25, 0.3) is 0 Å². The molecule has 2 rings (SSSR count). The minimum Gasteiger partial charge on any atom is -0.504 e. The summed E-state index contributed by atoms with van der Waals surface area (Å²) in [7, 11) is 1.57. The molecule has 1 aromatic carbocycles. The molecule has 1 unspecified atom stereocenters. The Balaban J connectivity index is 1.85. The number of methoxy groups -OCH3 is 1. The molecule has 1 aliphatic rings. The highest BCUT2D eigenvalue weighted by Crippen LogP contribution is 2.36. The van der Waals surface area contributed by atoms with Gasteiger partial charge in [-0.05, 0) is 37.3 Å². The molecule has 0 spiro atoms. The van der Waals surface area contributed by atoms with Crippen molar-refractivity contribution in [2.75, 3.05) is 13.7 Å². The third-order valence-electron chi connectivity index (χ3n) is 3.51. The monoisotopic (exact) mass is 235 g/mol. The normalized spacial score (nSPS) is 16.8. The van der Waals surface area contributed by atoms with Gasteiger partial charge in [-0.15, -0.1) is 0 Å². The van der Waals surface area contributed by atoms with Gasteiger partial charge in [-0.3, -0.25) is 0 Å². The van der Waals surface area contributed by atoms with Crippen LogP contribution in [0.4, 0.5) is 0 Å². The zero-order valence-corrected chi connectivity index (χ0v) is 10.6. The predicted octanol–water partition coefficient (Wildman–Crippen LogP) is 2.54. The fourth-order valence-electron chi connectivity index (χ4n) is 2.14. The lowest BCUT2D eigenvalue weighted by molar-refractivity contribution is 0.368. The van der Waals surface area contributed by atoms with Crippen LogP contribution in [0, 0.1) is 11.8 Å². The summed E-state index contributed by atoms with van der Waals surface area (Å²) >= 11 is 0. The van der Waals surface area contributed by atoms with E-state index in [9.17, 15) is 5.11 Å². The van der Waals surface area contributed by atoms with Crippen LogP contribution >= 0.6 is 0 Å². The van der Waals surface area contributed by atoms with Gasteiger partial charge in [0.2, 0.25) is 0 Å². The minimum atomic E-state index is 0.251. The number of benzene rings is 1. The summed E-state index contributed by atoms with van der Waals surface area (Å²) in [5.74, 6) is 2.45. The Kier molecular flexibility index (Phi) is 3.89. The summed E-state index contributed by atoms with van der Waals surface area (Å²) in [4.78, 5) is 0. The van der Waals surface area contributed by atoms with E-state index >= 15 is 0 Å². The van der Waals surface area contributed by atoms with Gasteiger partial charge in [-0.2, -0.15) is 0 Å². The Morgan fingerprint density at radius 3 is 2.88 bits per heavy atom. The first kappa shape index (κ1) is 12.2. The zero-order valence-electron chi connectivity index (χ0n) is 10.6. The fourth-order valence-corrected chi connectivity index (χ4v) is 2.14. The Morgan fingerprint density at radius 2 is 2.24 bits per heavy atom. The first-order valence-electron chi connectivity index (χ1n) is 6.28. The molecule has 1 fully saturated rings. The minimum absolute atomic E-state index is 0.251. The molecule has 1 atom stereocenters. The molecule has 17 heavy (non-hydrogen) atoms. The largest absolute Gasteiger partial charge is 0.504 e. The number of nitrogens with one attached hydrogen (secondary N) is 1. The lowest BCUT2D eigenvalue weighted by atomic mass is 10.1. The molecular formula is C14H21NO2. The van der Waals surface area contributed by atoms with Crippen LogP contribution in [0.15, 0.2) is 18.2 Å². The molecule has 1 saturated carbocycles. The van der Waals surface area contributed by atoms with Crippen molar-refractivity contribution in [2.24, 2.45) is 11.8 Å². The van der Waals surface area contributed by atoms with Gasteiger partial charge in [0.15, 0.2) is 11.5 Å². The van der Waals surface area contributed by atoms with Crippen molar-refractivity contribution in [3.05, 3.63) is 23.8 Å². The quantitative estimate of drug-likeness (QED) is 0.796. The van der Waals surface area contributed by atoms with Gasteiger partial charge >= 0.3 is 0 Å². The average molecular weight is 235 g/mol. The second-order valence-corrected chi connectivity index (χ2v) is 4.91. The molecule has 3 heteroatoms. The first-order valence-corrected chi connectivity index (χ1v) is 6.28. The highest BCUT2D eigenvalue weighted by Gasteiger charge is 2.27. The van der Waals surface area contributed by atoms with Crippen LogP contribution in [0.1, 0.15) is 25.3 Å². The summed E-state index contributed by atoms with van der Waals surface area (Å²) in [6, 6.07) is 5.60. The van der Waals surface area contributed by atoms with Crippen molar-refractivity contribution in [2.45, 2.75) is 26.3 Å². The maximum absolute atomic E-state index is 9.91. The standard InChI is InChI=1S/C14H21NO2/c1-10(11-6-7-11)8-15-9-12-4-3-5-13(17-2)14(12)16/h3-5,10-11,15-16H,6-9H2,1-2H3. The van der Waals surface area contributed by atoms with Gasteiger partial charge in [-0.1, -0.05) is 19.1 Å². The Labute approximate surface area is 103 Å². The molecule has 0 amide bonds. The molecule has 0 heterocycles. The molecule has 0 bridgehead atoms. The molecule has 94 valence electrons. The lowest BCUT2D eigenvalue weighted by Gasteiger charge is -2.13. The lowest BCUT2D eigenvalue weighted by Crippen LogP contribution is -2.21. The van der Waals surface area contributed by atoms with Crippen molar-refractivity contribution in [1.29, 1.82) is 0 Å². The van der Waals surface area contributed by atoms with Crippen molar-refractivity contribution in [3.63, 3.8) is 0 Å². The maximum atomic E-state index is 9.91. The highest BCUT2D eigenvalue weighted by atomic mass is 16.5. The molecule has 1 aliphatic carbocycles. The van der Waals surface area contributed by atoms with Crippen molar-refractivity contribution < 1.29 is 9.84 Å². The van der Waals surface area contributed by atoms with E-state index in [-0.39, 0.29) is 5.75 Å². The summed E-state index contributed by atoms with van der Waals surface area (Å²) < 4.78 is 5.08. The van der Waals surface area contributed by atoms with Gasteiger partial charge in [0.05, 0.1) is 7.11 Å². The van der Waals surface area contributed by atoms with Crippen molar-refractivity contribution in [1.82, 2.24) is 5.32 Å². The van der Waals surface area contributed by atoms with Gasteiger partial charge in [0, 0.05) is 12.1 Å². The average Bonchev–Trinajstić information content (AvgIpc) is 3.15. The van der Waals surface area contributed by atoms with E-state index in [1.807, 2.05) is 12.1 Å². The second-order valence-electron chi connectivity index (χ2n) is 4.91. The highest BCUT2D eigenvalue weighted by molar-refractivity contribution is 5.45. The summed E-state index contributed by atoms with van der Waals surface area (Å²) in [5, 5.41) is 13.3. The summed E-state index contributed by atoms with van der Waals surface area (Å²) in [6.07, 6.45) is 2.76. The van der Waals surface area contributed by atoms with E-state index in [1.54, 1.807) is 13.2 Å². The van der Waals surface area contributed by atoms with Crippen LogP contribution in [0.3, 0.4) is 0 Å². The zero-order chi connectivity index (χ0) is 12.3. The van der Waals surface area contributed by atoms with Crippen LogP contribution in [0.25, 0.3) is 0 Å². The number of hydrogen-bond acceptors (Lipinski definition) is 3. The topological polar surface area (TPSA) is 41.5 Å². The second kappa shape index (κ2) is 5.41. The van der Waals surface area contributed by atoms with Crippen LogP contribution in [-0.2, 0) is 6.54 Å². The number of hydrogen-bond donors (Lipinski definition) is 2. The Bertz CT molecular complexity index is 374. The third kappa shape index (κ3) is 3.13. The number of rotatable bonds is 6. The van der Waals surface area contributed by atoms with Gasteiger partial charge < -0.3 is 15.2 Å². The van der Waals surface area contributed by atoms with Gasteiger partial charge in [-0.25, -0.2) is 0 Å². The fraction of sp³-hybridized carbons (Fsp3) is 0.571.